The molecule has 496 valence electrons. The van der Waals surface area contributed by atoms with Crippen molar-refractivity contribution in [3.63, 3.8) is 0 Å². The van der Waals surface area contributed by atoms with Gasteiger partial charge >= 0.3 is 0 Å². The first-order valence-corrected chi connectivity index (χ1v) is 29.0. The van der Waals surface area contributed by atoms with Gasteiger partial charge < -0.3 is 81.7 Å². The van der Waals surface area contributed by atoms with Gasteiger partial charge in [-0.05, 0) is 128 Å². The van der Waals surface area contributed by atoms with Crippen LogP contribution in [0, 0.1) is 45.3 Å². The van der Waals surface area contributed by atoms with Crippen LogP contribution in [0.4, 0.5) is 0 Å². The Morgan fingerprint density at radius 2 is 0.548 bits per heavy atom. The molecule has 0 aliphatic carbocycles. The third-order valence-corrected chi connectivity index (χ3v) is 12.2. The summed E-state index contributed by atoms with van der Waals surface area (Å²) in [6, 6.07) is 0. The SMILES string of the molecule is CC(C)C(O)CN(C)C.CCN(C)CC(O)C(C)(C)C.CCN(C)CC(O)C(C)C.CCNCC(O)C(C)(C)C.CCNCC(O)C(C)C.CN(C)CC(O)C(C)(C)C.CNCC(O)C(C)(C)C.CNCC(O)C(C)C.[Sc].[Sc].[Sc].[Sc].[Sc].[Sc].[Sc].[Sc]. The topological polar surface area (TPSA) is 223 Å². The van der Waals surface area contributed by atoms with Gasteiger partial charge in [0.1, 0.15) is 0 Å². The van der Waals surface area contributed by atoms with E-state index in [1.165, 1.54) is 0 Å². The Kier molecular flexibility index (Phi) is 122. The van der Waals surface area contributed by atoms with Gasteiger partial charge in [0, 0.05) is 259 Å². The maximum Gasteiger partial charge on any atom is 0.0715 e. The fourth-order valence-electron chi connectivity index (χ4n) is 4.62. The summed E-state index contributed by atoms with van der Waals surface area (Å²) < 4.78 is 0. The van der Waals surface area contributed by atoms with E-state index < -0.39 is 0 Å². The molecular weight excluding hydrogens is 1320 g/mol. The fourth-order valence-corrected chi connectivity index (χ4v) is 4.62. The summed E-state index contributed by atoms with van der Waals surface area (Å²) in [6.45, 7) is 58.6. The Bertz CT molecular complexity index is 1200. The van der Waals surface area contributed by atoms with Gasteiger partial charge in [-0.3, -0.25) is 0 Å². The zero-order chi connectivity index (χ0) is 62.6. The molecule has 0 aromatic heterocycles. The van der Waals surface area contributed by atoms with Crippen LogP contribution in [0.15, 0.2) is 0 Å². The quantitative estimate of drug-likeness (QED) is 0.0514. The molecule has 8 unspecified atom stereocenters. The van der Waals surface area contributed by atoms with Crippen molar-refractivity contribution >= 4 is 0 Å². The Hall–Kier alpha value is 6.32. The molecule has 12 N–H and O–H groups in total. The molecule has 8 atom stereocenters. The van der Waals surface area contributed by atoms with Crippen molar-refractivity contribution in [3.05, 3.63) is 0 Å². The average molecular weight is 1470 g/mol. The van der Waals surface area contributed by atoms with Crippen molar-refractivity contribution in [2.75, 3.05) is 135 Å². The van der Waals surface area contributed by atoms with E-state index >= 15 is 0 Å². The molecule has 0 amide bonds. The molecule has 0 rings (SSSR count). The second-order valence-electron chi connectivity index (χ2n) is 26.7. The molecule has 0 fully saturated rings. The molecular formula is C60H144N8O8Sc8. The van der Waals surface area contributed by atoms with Crippen molar-refractivity contribution in [2.24, 2.45) is 45.3 Å². The largest absolute Gasteiger partial charge is 0.392 e. The smallest absolute Gasteiger partial charge is 0.0715 e. The predicted octanol–water partition coefficient (Wildman–Crippen LogP) is 6.25. The van der Waals surface area contributed by atoms with E-state index in [4.69, 9.17) is 5.11 Å². The first-order chi connectivity index (χ1) is 34.1. The van der Waals surface area contributed by atoms with E-state index in [2.05, 4.69) is 65.7 Å². The minimum Gasteiger partial charge on any atom is -0.392 e. The Morgan fingerprint density at radius 1 is 0.310 bits per heavy atom. The van der Waals surface area contributed by atoms with E-state index in [-0.39, 0.29) is 277 Å². The van der Waals surface area contributed by atoms with Gasteiger partial charge in [0.25, 0.3) is 0 Å². The number of nitrogens with zero attached hydrogens (tertiary/aromatic N) is 4. The van der Waals surface area contributed by atoms with Gasteiger partial charge in [0.2, 0.25) is 0 Å². The van der Waals surface area contributed by atoms with E-state index in [0.29, 0.717) is 49.9 Å². The maximum atomic E-state index is 9.65. The predicted molar refractivity (Wildman–Crippen MR) is 334 cm³/mol. The molecule has 0 aliphatic rings. The monoisotopic (exact) mass is 1460 g/mol. The number of rotatable bonds is 24. The van der Waals surface area contributed by atoms with Crippen molar-refractivity contribution < 1.29 is 248 Å². The standard InChI is InChI=1S/C9H21NO.3C8H19NO.3C7H17NO.C6H15NO.8Sc/c1-6-10(5)7-8(11)9(2,3)4;1-8(2,3)7(10)6-9(4)5;1-5-9-6-7(10)8(2,3)4;1-5-9(4)6-8(10)7(2)3;1-7(2,3)6(9)5-8-4;1-6(2)7(9)5-8(3)4;1-4-8-5-7(9)6(2)3;1-5(2)6(8)4-7-3;;;;;;;;/h8,11H,6-7H2,1-5H3;7,10H,6H2,1-5H3;7,9-10H,5-6H2,1-4H3;7-8,10H,5-6H2,1-4H3;6,8-9H,5H2,1-4H3;6-7,9H,5H2,1-4H3;6-9H,4-5H2,1-3H3;5-8H,4H2,1-3H3;;;;;;;;. The average Bonchev–Trinajstić information content (AvgIpc) is 3.27. The van der Waals surface area contributed by atoms with Gasteiger partial charge in [-0.15, -0.1) is 0 Å². The molecule has 0 heterocycles. The first kappa shape index (κ1) is 130. The van der Waals surface area contributed by atoms with Crippen molar-refractivity contribution in [1.29, 1.82) is 0 Å². The summed E-state index contributed by atoms with van der Waals surface area (Å²) in [7, 11) is 15.6. The molecule has 0 bridgehead atoms. The Labute approximate surface area is 674 Å². The molecule has 0 saturated heterocycles. The summed E-state index contributed by atoms with van der Waals surface area (Å²) in [5.41, 5.74) is 0.0128. The minimum atomic E-state index is -0.248. The van der Waals surface area contributed by atoms with Crippen LogP contribution in [0.1, 0.15) is 166 Å². The van der Waals surface area contributed by atoms with Crippen LogP contribution in [-0.4, -0.2) is 244 Å². The third kappa shape index (κ3) is 104. The molecule has 0 aliphatic heterocycles. The molecule has 0 aromatic rings. The van der Waals surface area contributed by atoms with Gasteiger partial charge in [-0.1, -0.05) is 166 Å². The van der Waals surface area contributed by atoms with Crippen LogP contribution >= 0.6 is 0 Å². The summed E-state index contributed by atoms with van der Waals surface area (Å²) >= 11 is 0. The van der Waals surface area contributed by atoms with Crippen molar-refractivity contribution in [1.82, 2.24) is 40.9 Å². The van der Waals surface area contributed by atoms with E-state index in [0.717, 1.165) is 52.4 Å². The molecule has 0 spiro atoms. The van der Waals surface area contributed by atoms with Crippen molar-refractivity contribution in [3.8, 4) is 0 Å². The summed E-state index contributed by atoms with van der Waals surface area (Å²) in [4.78, 5) is 8.22. The first-order valence-electron chi connectivity index (χ1n) is 29.0. The third-order valence-electron chi connectivity index (χ3n) is 12.2. The normalized spacial score (nSPS) is 13.7. The number of nitrogens with one attached hydrogen (secondary N) is 4. The van der Waals surface area contributed by atoms with Crippen LogP contribution in [0.3, 0.4) is 0 Å². The van der Waals surface area contributed by atoms with Gasteiger partial charge in [-0.2, -0.15) is 0 Å². The molecule has 84 heavy (non-hydrogen) atoms. The van der Waals surface area contributed by atoms with E-state index in [9.17, 15) is 35.7 Å². The zero-order valence-electron chi connectivity index (χ0n) is 61.4. The van der Waals surface area contributed by atoms with E-state index in [1.807, 2.05) is 198 Å². The van der Waals surface area contributed by atoms with Crippen LogP contribution in [0.5, 0.6) is 0 Å². The van der Waals surface area contributed by atoms with Crippen LogP contribution in [0.2, 0.25) is 0 Å². The number of likely N-dealkylation sites (N-methyl/N-ethyl adjacent to an activating group) is 8. The Balaban J connectivity index is -0.0000000444. The van der Waals surface area contributed by atoms with Crippen LogP contribution in [-0.2, 0) is 207 Å². The number of hydrogen-bond donors (Lipinski definition) is 12. The Morgan fingerprint density at radius 3 is 0.738 bits per heavy atom. The van der Waals surface area contributed by atoms with Crippen LogP contribution in [0.25, 0.3) is 0 Å². The van der Waals surface area contributed by atoms with Crippen LogP contribution < -0.4 is 21.3 Å². The maximum absolute atomic E-state index is 9.65. The molecule has 24 heteroatoms. The van der Waals surface area contributed by atoms with Gasteiger partial charge in [-0.25, -0.2) is 0 Å². The zero-order valence-corrected chi connectivity index (χ0v) is 75.8. The second-order valence-corrected chi connectivity index (χ2v) is 26.7. The summed E-state index contributed by atoms with van der Waals surface area (Å²) in [5.74, 6) is 1.47. The fraction of sp³-hybridized carbons (Fsp3) is 1.00. The van der Waals surface area contributed by atoms with Crippen molar-refractivity contribution in [2.45, 2.75) is 215 Å². The summed E-state index contributed by atoms with van der Waals surface area (Å²) in [6.07, 6.45) is -1.69. The van der Waals surface area contributed by atoms with E-state index in [1.54, 1.807) is 0 Å². The number of hydrogen-bond acceptors (Lipinski definition) is 16. The van der Waals surface area contributed by atoms with Gasteiger partial charge in [0.15, 0.2) is 0 Å². The molecule has 16 nitrogen and oxygen atoms in total. The number of aliphatic hydroxyl groups is 8. The molecule has 8 radical (unpaired) electrons. The van der Waals surface area contributed by atoms with Gasteiger partial charge in [0.05, 0.1) is 48.8 Å². The second kappa shape index (κ2) is 78.3. The molecule has 0 aromatic carbocycles. The molecule has 0 saturated carbocycles. The number of aliphatic hydroxyl groups excluding tert-OH is 8. The minimum absolute atomic E-state index is 0. The summed E-state index contributed by atoms with van der Waals surface area (Å²) in [5, 5.41) is 86.8.